The fourth-order valence-electron chi connectivity index (χ4n) is 4.11. The molecule has 1 aromatic carbocycles. The van der Waals surface area contributed by atoms with Gasteiger partial charge in [0.1, 0.15) is 11.6 Å². The highest BCUT2D eigenvalue weighted by Gasteiger charge is 2.29. The molecule has 0 spiro atoms. The Bertz CT molecular complexity index is 699. The number of nitrogens with one attached hydrogen (secondary N) is 2. The molecule has 3 rings (SSSR count). The summed E-state index contributed by atoms with van der Waals surface area (Å²) < 4.78 is 27.0. The van der Waals surface area contributed by atoms with Crippen LogP contribution in [0.2, 0.25) is 0 Å². The summed E-state index contributed by atoms with van der Waals surface area (Å²) in [4.78, 5) is 26.8. The molecule has 2 amide bonds. The van der Waals surface area contributed by atoms with Crippen LogP contribution in [-0.4, -0.2) is 41.9 Å². The summed E-state index contributed by atoms with van der Waals surface area (Å²) in [5.74, 6) is -1.30. The molecule has 2 aliphatic rings. The fourth-order valence-corrected chi connectivity index (χ4v) is 4.11. The van der Waals surface area contributed by atoms with E-state index < -0.39 is 17.7 Å². The Kier molecular flexibility index (Phi) is 6.99. The van der Waals surface area contributed by atoms with Crippen LogP contribution in [0.1, 0.15) is 51.9 Å². The Morgan fingerprint density at radius 1 is 1.07 bits per heavy atom. The molecule has 1 saturated carbocycles. The monoisotopic (exact) mass is 393 g/mol. The highest BCUT2D eigenvalue weighted by atomic mass is 19.1. The zero-order valence-electron chi connectivity index (χ0n) is 16.3. The van der Waals surface area contributed by atoms with Crippen molar-refractivity contribution in [3.63, 3.8) is 0 Å². The molecule has 1 saturated heterocycles. The summed E-state index contributed by atoms with van der Waals surface area (Å²) in [5, 5.41) is 5.64. The average molecular weight is 393 g/mol. The van der Waals surface area contributed by atoms with Crippen molar-refractivity contribution in [1.82, 2.24) is 10.2 Å². The second-order valence-corrected chi connectivity index (χ2v) is 7.94. The molecule has 0 aromatic heterocycles. The van der Waals surface area contributed by atoms with Crippen molar-refractivity contribution >= 4 is 17.5 Å². The number of carbonyl (C=O) groups excluding carboxylic acids is 2. The summed E-state index contributed by atoms with van der Waals surface area (Å²) in [7, 11) is 0. The third-order valence-corrected chi connectivity index (χ3v) is 5.97. The predicted molar refractivity (Wildman–Crippen MR) is 104 cm³/mol. The normalized spacial score (nSPS) is 20.5. The fraction of sp³-hybridized carbons (Fsp3) is 0.619. The summed E-state index contributed by atoms with van der Waals surface area (Å²) in [5.41, 5.74) is -0.147. The standard InChI is InChI=1S/C21H29F2N3O2/c1-14(20(27)25-19-13-16(22)7-8-18(19)23)26-11-9-17(10-12-26)24-21(28)15-5-3-2-4-6-15/h7-8,13-15,17H,2-6,9-12H2,1H3,(H,24,28)(H,25,27). The molecule has 1 atom stereocenters. The van der Waals surface area contributed by atoms with Crippen LogP contribution in [0.4, 0.5) is 14.5 Å². The Labute approximate surface area is 164 Å². The topological polar surface area (TPSA) is 61.4 Å². The zero-order valence-corrected chi connectivity index (χ0v) is 16.3. The molecule has 0 radical (unpaired) electrons. The van der Waals surface area contributed by atoms with E-state index in [-0.39, 0.29) is 29.5 Å². The molecule has 1 aliphatic carbocycles. The van der Waals surface area contributed by atoms with Crippen LogP contribution in [0, 0.1) is 17.6 Å². The first-order valence-corrected chi connectivity index (χ1v) is 10.2. The first-order valence-electron chi connectivity index (χ1n) is 10.2. The highest BCUT2D eigenvalue weighted by molar-refractivity contribution is 5.94. The number of piperidine rings is 1. The van der Waals surface area contributed by atoms with Gasteiger partial charge in [-0.15, -0.1) is 0 Å². The molecule has 2 fully saturated rings. The maximum Gasteiger partial charge on any atom is 0.241 e. The number of anilines is 1. The molecule has 28 heavy (non-hydrogen) atoms. The van der Waals surface area contributed by atoms with Crippen molar-refractivity contribution in [2.45, 2.75) is 64.0 Å². The molecular weight excluding hydrogens is 364 g/mol. The van der Waals surface area contributed by atoms with Gasteiger partial charge in [0.05, 0.1) is 11.7 Å². The number of hydrogen-bond donors (Lipinski definition) is 2. The van der Waals surface area contributed by atoms with Gasteiger partial charge in [-0.25, -0.2) is 8.78 Å². The van der Waals surface area contributed by atoms with Crippen molar-refractivity contribution < 1.29 is 18.4 Å². The van der Waals surface area contributed by atoms with Crippen molar-refractivity contribution in [3.8, 4) is 0 Å². The molecule has 0 bridgehead atoms. The first kappa shape index (κ1) is 20.7. The second-order valence-electron chi connectivity index (χ2n) is 7.94. The van der Waals surface area contributed by atoms with Gasteiger partial charge in [-0.1, -0.05) is 19.3 Å². The number of nitrogens with zero attached hydrogens (tertiary/aromatic N) is 1. The van der Waals surface area contributed by atoms with Crippen molar-refractivity contribution in [3.05, 3.63) is 29.8 Å². The number of amides is 2. The van der Waals surface area contributed by atoms with Crippen LogP contribution >= 0.6 is 0 Å². The SMILES string of the molecule is CC(C(=O)Nc1cc(F)ccc1F)N1CCC(NC(=O)C2CCCCC2)CC1. The lowest BCUT2D eigenvalue weighted by Gasteiger charge is -2.36. The summed E-state index contributed by atoms with van der Waals surface area (Å²) in [6.45, 7) is 3.11. The van der Waals surface area contributed by atoms with Crippen molar-refractivity contribution in [2.24, 2.45) is 5.92 Å². The average Bonchev–Trinajstić information content (AvgIpc) is 2.71. The minimum absolute atomic E-state index is 0.140. The van der Waals surface area contributed by atoms with Gasteiger partial charge >= 0.3 is 0 Å². The third kappa shape index (κ3) is 5.28. The summed E-state index contributed by atoms with van der Waals surface area (Å²) in [6.07, 6.45) is 7.03. The number of hydrogen-bond acceptors (Lipinski definition) is 3. The Morgan fingerprint density at radius 3 is 2.43 bits per heavy atom. The van der Waals surface area contributed by atoms with E-state index in [0.717, 1.165) is 56.7 Å². The number of carbonyl (C=O) groups is 2. The zero-order chi connectivity index (χ0) is 20.1. The number of likely N-dealkylation sites (tertiary alicyclic amines) is 1. The van der Waals surface area contributed by atoms with Gasteiger partial charge in [-0.2, -0.15) is 0 Å². The van der Waals surface area contributed by atoms with E-state index in [9.17, 15) is 18.4 Å². The minimum Gasteiger partial charge on any atom is -0.353 e. The largest absolute Gasteiger partial charge is 0.353 e. The van der Waals surface area contributed by atoms with E-state index in [1.54, 1.807) is 6.92 Å². The lowest BCUT2D eigenvalue weighted by Crippen LogP contribution is -2.51. The first-order chi connectivity index (χ1) is 13.4. The van der Waals surface area contributed by atoms with Gasteiger partial charge in [0.2, 0.25) is 11.8 Å². The van der Waals surface area contributed by atoms with E-state index in [1.165, 1.54) is 6.42 Å². The lowest BCUT2D eigenvalue weighted by molar-refractivity contribution is -0.127. The quantitative estimate of drug-likeness (QED) is 0.806. The van der Waals surface area contributed by atoms with Crippen LogP contribution < -0.4 is 10.6 Å². The summed E-state index contributed by atoms with van der Waals surface area (Å²) >= 11 is 0. The predicted octanol–water partition coefficient (Wildman–Crippen LogP) is 3.45. The number of halogens is 2. The van der Waals surface area contributed by atoms with Crippen LogP contribution in [0.5, 0.6) is 0 Å². The Morgan fingerprint density at radius 2 is 1.75 bits per heavy atom. The second kappa shape index (κ2) is 9.45. The van der Waals surface area contributed by atoms with Gasteiger partial charge in [-0.3, -0.25) is 14.5 Å². The van der Waals surface area contributed by atoms with Gasteiger partial charge in [0.15, 0.2) is 0 Å². The van der Waals surface area contributed by atoms with Crippen LogP contribution in [0.25, 0.3) is 0 Å². The van der Waals surface area contributed by atoms with Gasteiger partial charge in [0.25, 0.3) is 0 Å². The van der Waals surface area contributed by atoms with E-state index in [0.29, 0.717) is 13.1 Å². The molecular formula is C21H29F2N3O2. The van der Waals surface area contributed by atoms with Crippen molar-refractivity contribution in [2.75, 3.05) is 18.4 Å². The maximum absolute atomic E-state index is 13.7. The Balaban J connectivity index is 1.46. The van der Waals surface area contributed by atoms with Crippen LogP contribution in [0.15, 0.2) is 18.2 Å². The summed E-state index contributed by atoms with van der Waals surface area (Å²) in [6, 6.07) is 2.67. The number of benzene rings is 1. The molecule has 1 unspecified atom stereocenters. The van der Waals surface area contributed by atoms with Gasteiger partial charge < -0.3 is 10.6 Å². The van der Waals surface area contributed by atoms with E-state index in [1.807, 2.05) is 4.90 Å². The van der Waals surface area contributed by atoms with Crippen LogP contribution in [-0.2, 0) is 9.59 Å². The molecule has 1 aromatic rings. The van der Waals surface area contributed by atoms with E-state index in [4.69, 9.17) is 0 Å². The molecule has 5 nitrogen and oxygen atoms in total. The highest BCUT2D eigenvalue weighted by Crippen LogP contribution is 2.24. The minimum atomic E-state index is -0.661. The van der Waals surface area contributed by atoms with Gasteiger partial charge in [0, 0.05) is 31.1 Å². The molecule has 154 valence electrons. The Hall–Kier alpha value is -2.02. The molecule has 2 N–H and O–H groups in total. The maximum atomic E-state index is 13.7. The van der Waals surface area contributed by atoms with E-state index >= 15 is 0 Å². The van der Waals surface area contributed by atoms with Crippen LogP contribution in [0.3, 0.4) is 0 Å². The smallest absolute Gasteiger partial charge is 0.241 e. The van der Waals surface area contributed by atoms with E-state index in [2.05, 4.69) is 10.6 Å². The number of rotatable bonds is 5. The molecule has 7 heteroatoms. The lowest BCUT2D eigenvalue weighted by atomic mass is 9.88. The third-order valence-electron chi connectivity index (χ3n) is 5.97. The molecule has 1 heterocycles. The van der Waals surface area contributed by atoms with Gasteiger partial charge in [-0.05, 0) is 44.7 Å². The van der Waals surface area contributed by atoms with Crippen molar-refractivity contribution in [1.29, 1.82) is 0 Å². The molecule has 1 aliphatic heterocycles.